The van der Waals surface area contributed by atoms with E-state index in [2.05, 4.69) is 50.9 Å². The third-order valence-corrected chi connectivity index (χ3v) is 5.27. The molecule has 0 radical (unpaired) electrons. The zero-order valence-electron chi connectivity index (χ0n) is 15.7. The molecule has 0 spiro atoms. The van der Waals surface area contributed by atoms with E-state index in [1.54, 1.807) is 12.1 Å². The van der Waals surface area contributed by atoms with E-state index in [0.29, 0.717) is 23.9 Å². The van der Waals surface area contributed by atoms with E-state index in [1.807, 2.05) is 18.2 Å². The van der Waals surface area contributed by atoms with E-state index in [4.69, 9.17) is 4.42 Å². The minimum absolute atomic E-state index is 0.0277. The first-order valence-corrected chi connectivity index (χ1v) is 9.84. The van der Waals surface area contributed by atoms with Gasteiger partial charge in [0.2, 0.25) is 11.8 Å². The molecule has 28 heavy (non-hydrogen) atoms. The van der Waals surface area contributed by atoms with Crippen LogP contribution in [0.3, 0.4) is 0 Å². The van der Waals surface area contributed by atoms with Gasteiger partial charge < -0.3 is 4.42 Å². The SMILES string of the molecule is CCCN(Cc1nnc(-c2ccc([N+](=O)[O-])cc2)o1)C(C)c1ccccc1Br. The fraction of sp³-hybridized carbons (Fsp3) is 0.300. The molecule has 146 valence electrons. The molecular formula is C20H21BrN4O3. The summed E-state index contributed by atoms with van der Waals surface area (Å²) in [4.78, 5) is 12.6. The summed E-state index contributed by atoms with van der Waals surface area (Å²) in [5.74, 6) is 0.871. The van der Waals surface area contributed by atoms with Crippen LogP contribution in [0.1, 0.15) is 37.8 Å². The average molecular weight is 445 g/mol. The summed E-state index contributed by atoms with van der Waals surface area (Å²) in [6, 6.07) is 14.4. The van der Waals surface area contributed by atoms with Crippen molar-refractivity contribution in [3.8, 4) is 11.5 Å². The first kappa shape index (κ1) is 20.2. The Kier molecular flexibility index (Phi) is 6.53. The van der Waals surface area contributed by atoms with E-state index in [1.165, 1.54) is 17.7 Å². The Bertz CT molecular complexity index is 943. The second-order valence-corrected chi connectivity index (χ2v) is 7.33. The zero-order chi connectivity index (χ0) is 20.1. The molecule has 7 nitrogen and oxygen atoms in total. The summed E-state index contributed by atoms with van der Waals surface area (Å²) in [6.07, 6.45) is 0.998. The summed E-state index contributed by atoms with van der Waals surface area (Å²) < 4.78 is 6.89. The molecule has 1 aromatic heterocycles. The minimum atomic E-state index is -0.436. The molecule has 0 bridgehead atoms. The van der Waals surface area contributed by atoms with Gasteiger partial charge in [-0.2, -0.15) is 0 Å². The lowest BCUT2D eigenvalue weighted by molar-refractivity contribution is -0.384. The van der Waals surface area contributed by atoms with Gasteiger partial charge in [-0.1, -0.05) is 41.1 Å². The van der Waals surface area contributed by atoms with Crippen molar-refractivity contribution in [3.63, 3.8) is 0 Å². The lowest BCUT2D eigenvalue weighted by atomic mass is 10.1. The first-order valence-electron chi connectivity index (χ1n) is 9.05. The molecule has 0 aliphatic carbocycles. The molecule has 3 aromatic rings. The van der Waals surface area contributed by atoms with E-state index >= 15 is 0 Å². The van der Waals surface area contributed by atoms with Gasteiger partial charge >= 0.3 is 0 Å². The molecule has 0 saturated carbocycles. The Hall–Kier alpha value is -2.58. The minimum Gasteiger partial charge on any atom is -0.419 e. The Morgan fingerprint density at radius 2 is 1.89 bits per heavy atom. The fourth-order valence-corrected chi connectivity index (χ4v) is 3.66. The van der Waals surface area contributed by atoms with E-state index in [0.717, 1.165) is 17.4 Å². The van der Waals surface area contributed by atoms with Crippen molar-refractivity contribution in [1.82, 2.24) is 15.1 Å². The van der Waals surface area contributed by atoms with Gasteiger partial charge in [0.1, 0.15) is 0 Å². The molecule has 0 aliphatic heterocycles. The van der Waals surface area contributed by atoms with Crippen molar-refractivity contribution in [3.05, 3.63) is 74.6 Å². The molecule has 1 atom stereocenters. The number of hydrogen-bond donors (Lipinski definition) is 0. The number of hydrogen-bond acceptors (Lipinski definition) is 6. The quantitative estimate of drug-likeness (QED) is 0.342. The molecule has 2 aromatic carbocycles. The second kappa shape index (κ2) is 9.07. The maximum atomic E-state index is 10.8. The van der Waals surface area contributed by atoms with Gasteiger partial charge in [-0.15, -0.1) is 10.2 Å². The summed E-state index contributed by atoms with van der Waals surface area (Å²) in [5.41, 5.74) is 1.89. The van der Waals surface area contributed by atoms with Crippen LogP contribution in [0.25, 0.3) is 11.5 Å². The molecule has 0 amide bonds. The highest BCUT2D eigenvalue weighted by Crippen LogP contribution is 2.29. The van der Waals surface area contributed by atoms with Crippen molar-refractivity contribution in [2.45, 2.75) is 32.9 Å². The highest BCUT2D eigenvalue weighted by atomic mass is 79.9. The van der Waals surface area contributed by atoms with Crippen molar-refractivity contribution in [2.75, 3.05) is 6.54 Å². The maximum Gasteiger partial charge on any atom is 0.269 e. The molecule has 0 aliphatic rings. The normalized spacial score (nSPS) is 12.3. The van der Waals surface area contributed by atoms with Gasteiger partial charge in [0.05, 0.1) is 11.5 Å². The molecular weight excluding hydrogens is 424 g/mol. The Balaban J connectivity index is 1.77. The van der Waals surface area contributed by atoms with Crippen LogP contribution in [0.5, 0.6) is 0 Å². The molecule has 3 rings (SSSR count). The van der Waals surface area contributed by atoms with E-state index in [-0.39, 0.29) is 11.7 Å². The third kappa shape index (κ3) is 4.63. The molecule has 1 unspecified atom stereocenters. The van der Waals surface area contributed by atoms with Crippen LogP contribution in [-0.4, -0.2) is 26.6 Å². The van der Waals surface area contributed by atoms with Crippen LogP contribution in [0.15, 0.2) is 57.4 Å². The van der Waals surface area contributed by atoms with Crippen LogP contribution in [0.2, 0.25) is 0 Å². The van der Waals surface area contributed by atoms with Gasteiger partial charge in [0.25, 0.3) is 5.69 Å². The number of nitro groups is 1. The number of halogens is 1. The van der Waals surface area contributed by atoms with Crippen LogP contribution in [-0.2, 0) is 6.54 Å². The number of nitrogens with zero attached hydrogens (tertiary/aromatic N) is 4. The predicted molar refractivity (Wildman–Crippen MR) is 110 cm³/mol. The van der Waals surface area contributed by atoms with Crippen LogP contribution >= 0.6 is 15.9 Å². The summed E-state index contributed by atoms with van der Waals surface area (Å²) in [5, 5.41) is 19.1. The monoisotopic (exact) mass is 444 g/mol. The van der Waals surface area contributed by atoms with Crippen molar-refractivity contribution >= 4 is 21.6 Å². The summed E-state index contributed by atoms with van der Waals surface area (Å²) in [7, 11) is 0. The molecule has 0 saturated heterocycles. The Morgan fingerprint density at radius 1 is 1.18 bits per heavy atom. The average Bonchev–Trinajstić information content (AvgIpc) is 3.16. The highest BCUT2D eigenvalue weighted by molar-refractivity contribution is 9.10. The van der Waals surface area contributed by atoms with E-state index in [9.17, 15) is 10.1 Å². The lowest BCUT2D eigenvalue weighted by Crippen LogP contribution is -2.28. The van der Waals surface area contributed by atoms with Gasteiger partial charge in [0, 0.05) is 28.2 Å². The maximum absolute atomic E-state index is 10.8. The molecule has 0 fully saturated rings. The van der Waals surface area contributed by atoms with Crippen molar-refractivity contribution < 1.29 is 9.34 Å². The highest BCUT2D eigenvalue weighted by Gasteiger charge is 2.20. The zero-order valence-corrected chi connectivity index (χ0v) is 17.3. The standard InChI is InChI=1S/C20H21BrN4O3/c1-3-12-24(14(2)17-6-4-5-7-18(17)21)13-19-22-23-20(28-19)15-8-10-16(11-9-15)25(26)27/h4-11,14H,3,12-13H2,1-2H3. The number of non-ortho nitro benzene ring substituents is 1. The largest absolute Gasteiger partial charge is 0.419 e. The number of aromatic nitrogens is 2. The van der Waals surface area contributed by atoms with Crippen molar-refractivity contribution in [2.24, 2.45) is 0 Å². The Morgan fingerprint density at radius 3 is 2.54 bits per heavy atom. The van der Waals surface area contributed by atoms with Gasteiger partial charge in [-0.05, 0) is 43.7 Å². The lowest BCUT2D eigenvalue weighted by Gasteiger charge is -2.28. The third-order valence-electron chi connectivity index (χ3n) is 4.54. The number of rotatable bonds is 8. The van der Waals surface area contributed by atoms with Crippen LogP contribution < -0.4 is 0 Å². The number of benzene rings is 2. The Labute approximate surface area is 171 Å². The van der Waals surface area contributed by atoms with Crippen molar-refractivity contribution in [1.29, 1.82) is 0 Å². The van der Waals surface area contributed by atoms with Gasteiger partial charge in [0.15, 0.2) is 0 Å². The van der Waals surface area contributed by atoms with Gasteiger partial charge in [-0.25, -0.2) is 0 Å². The second-order valence-electron chi connectivity index (χ2n) is 6.47. The van der Waals surface area contributed by atoms with Gasteiger partial charge in [-0.3, -0.25) is 15.0 Å². The smallest absolute Gasteiger partial charge is 0.269 e. The van der Waals surface area contributed by atoms with Crippen LogP contribution in [0.4, 0.5) is 5.69 Å². The topological polar surface area (TPSA) is 85.3 Å². The van der Waals surface area contributed by atoms with E-state index < -0.39 is 4.92 Å². The first-order chi connectivity index (χ1) is 13.5. The number of nitro benzene ring substituents is 1. The fourth-order valence-electron chi connectivity index (χ4n) is 3.04. The molecule has 8 heteroatoms. The molecule has 1 heterocycles. The van der Waals surface area contributed by atoms with Crippen LogP contribution in [0, 0.1) is 10.1 Å². The summed E-state index contributed by atoms with van der Waals surface area (Å²) >= 11 is 3.63. The summed E-state index contributed by atoms with van der Waals surface area (Å²) in [6.45, 7) is 5.70. The predicted octanol–water partition coefficient (Wildman–Crippen LogP) is 5.38. The molecule has 0 N–H and O–H groups in total.